The van der Waals surface area contributed by atoms with Gasteiger partial charge in [0.2, 0.25) is 6.79 Å². The van der Waals surface area contributed by atoms with Crippen LogP contribution in [0.1, 0.15) is 13.8 Å². The van der Waals surface area contributed by atoms with Gasteiger partial charge in [0.1, 0.15) is 5.54 Å². The molecule has 0 aliphatic carbocycles. The maximum Gasteiger partial charge on any atom is 0.267 e. The van der Waals surface area contributed by atoms with Crippen molar-refractivity contribution in [2.24, 2.45) is 0 Å². The Hall–Kier alpha value is -3.75. The summed E-state index contributed by atoms with van der Waals surface area (Å²) in [5, 5.41) is 6.83. The SMILES string of the molecule is CC(C)(C(=O)Nc1ccc(F)c(F)c1)n1nc(-c2ccc3c(c2)OCO3)ccc1=O. The number of nitrogens with zero attached hydrogens (tertiary/aromatic N) is 2. The highest BCUT2D eigenvalue weighted by molar-refractivity contribution is 5.96. The van der Waals surface area contributed by atoms with E-state index in [1.807, 2.05) is 0 Å². The standard InChI is InChI=1S/C21H17F2N3O4/c1-21(2,20(28)24-13-4-5-14(22)15(23)10-13)26-19(27)8-6-16(25-26)12-3-7-17-18(9-12)30-11-29-17/h3-10H,11H2,1-2H3,(H,24,28). The smallest absolute Gasteiger partial charge is 0.267 e. The third-order valence-electron chi connectivity index (χ3n) is 4.73. The highest BCUT2D eigenvalue weighted by Crippen LogP contribution is 2.35. The molecule has 9 heteroatoms. The predicted octanol–water partition coefficient (Wildman–Crippen LogP) is 3.29. The first-order valence-electron chi connectivity index (χ1n) is 9.03. The van der Waals surface area contributed by atoms with Gasteiger partial charge in [-0.3, -0.25) is 9.59 Å². The molecule has 154 valence electrons. The van der Waals surface area contributed by atoms with E-state index in [0.29, 0.717) is 22.8 Å². The average Bonchev–Trinajstić information content (AvgIpc) is 3.18. The number of amides is 1. The molecule has 7 nitrogen and oxygen atoms in total. The van der Waals surface area contributed by atoms with Crippen molar-refractivity contribution in [3.63, 3.8) is 0 Å². The number of ether oxygens (including phenoxy) is 2. The summed E-state index contributed by atoms with van der Waals surface area (Å²) in [6.45, 7) is 3.13. The summed E-state index contributed by atoms with van der Waals surface area (Å²) in [5.41, 5.74) is -0.739. The number of carbonyl (C=O) groups is 1. The van der Waals surface area contributed by atoms with E-state index in [-0.39, 0.29) is 12.5 Å². The largest absolute Gasteiger partial charge is 0.454 e. The number of fused-ring (bicyclic) bond motifs is 1. The first kappa shape index (κ1) is 19.6. The van der Waals surface area contributed by atoms with Crippen LogP contribution in [0.25, 0.3) is 11.3 Å². The van der Waals surface area contributed by atoms with E-state index < -0.39 is 28.6 Å². The summed E-state index contributed by atoms with van der Waals surface area (Å²) in [4.78, 5) is 25.3. The van der Waals surface area contributed by atoms with Gasteiger partial charge in [-0.05, 0) is 50.2 Å². The molecule has 1 aliphatic rings. The summed E-state index contributed by atoms with van der Waals surface area (Å²) >= 11 is 0. The zero-order valence-electron chi connectivity index (χ0n) is 16.1. The first-order valence-corrected chi connectivity index (χ1v) is 9.03. The van der Waals surface area contributed by atoms with Crippen molar-refractivity contribution in [1.82, 2.24) is 9.78 Å². The third kappa shape index (κ3) is 3.49. The minimum Gasteiger partial charge on any atom is -0.454 e. The van der Waals surface area contributed by atoms with Crippen molar-refractivity contribution in [2.75, 3.05) is 12.1 Å². The fourth-order valence-corrected chi connectivity index (χ4v) is 2.98. The number of hydrogen-bond acceptors (Lipinski definition) is 5. The Labute approximate surface area is 169 Å². The number of nitrogens with one attached hydrogen (secondary N) is 1. The van der Waals surface area contributed by atoms with E-state index >= 15 is 0 Å². The molecule has 0 spiro atoms. The van der Waals surface area contributed by atoms with Gasteiger partial charge in [0.15, 0.2) is 23.1 Å². The second kappa shape index (κ2) is 7.25. The van der Waals surface area contributed by atoms with E-state index in [1.54, 1.807) is 24.3 Å². The van der Waals surface area contributed by atoms with Crippen LogP contribution in [0, 0.1) is 11.6 Å². The van der Waals surface area contributed by atoms with Crippen molar-refractivity contribution in [1.29, 1.82) is 0 Å². The third-order valence-corrected chi connectivity index (χ3v) is 4.73. The fraction of sp³-hybridized carbons (Fsp3) is 0.190. The molecule has 0 radical (unpaired) electrons. The van der Waals surface area contributed by atoms with Gasteiger partial charge in [-0.1, -0.05) is 0 Å². The summed E-state index contributed by atoms with van der Waals surface area (Å²) in [6.07, 6.45) is 0. The van der Waals surface area contributed by atoms with E-state index in [0.717, 1.165) is 16.8 Å². The normalized spacial score (nSPS) is 12.7. The van der Waals surface area contributed by atoms with Gasteiger partial charge in [0, 0.05) is 23.4 Å². The lowest BCUT2D eigenvalue weighted by molar-refractivity contribution is -0.123. The topological polar surface area (TPSA) is 82.5 Å². The monoisotopic (exact) mass is 413 g/mol. The number of aromatic nitrogens is 2. The molecule has 2 heterocycles. The molecule has 1 N–H and O–H groups in total. The Morgan fingerprint density at radius 3 is 2.57 bits per heavy atom. The fourth-order valence-electron chi connectivity index (χ4n) is 2.98. The number of carbonyl (C=O) groups excluding carboxylic acids is 1. The zero-order chi connectivity index (χ0) is 21.5. The minimum absolute atomic E-state index is 0.0620. The second-order valence-corrected chi connectivity index (χ2v) is 7.18. The Kier molecular flexibility index (Phi) is 4.73. The summed E-state index contributed by atoms with van der Waals surface area (Å²) in [5.74, 6) is -1.57. The van der Waals surface area contributed by atoms with Crippen LogP contribution in [-0.4, -0.2) is 22.5 Å². The van der Waals surface area contributed by atoms with Crippen LogP contribution < -0.4 is 20.3 Å². The van der Waals surface area contributed by atoms with Crippen LogP contribution in [0.15, 0.2) is 53.3 Å². The van der Waals surface area contributed by atoms with Crippen LogP contribution in [0.2, 0.25) is 0 Å². The van der Waals surface area contributed by atoms with Crippen molar-refractivity contribution >= 4 is 11.6 Å². The van der Waals surface area contributed by atoms with Gasteiger partial charge >= 0.3 is 0 Å². The van der Waals surface area contributed by atoms with Crippen LogP contribution in [0.3, 0.4) is 0 Å². The number of rotatable bonds is 4. The molecule has 0 saturated carbocycles. The van der Waals surface area contributed by atoms with Gasteiger partial charge in [-0.15, -0.1) is 0 Å². The molecule has 0 atom stereocenters. The molecular weight excluding hydrogens is 396 g/mol. The van der Waals surface area contributed by atoms with Crippen molar-refractivity contribution in [2.45, 2.75) is 19.4 Å². The Morgan fingerprint density at radius 1 is 1.03 bits per heavy atom. The highest BCUT2D eigenvalue weighted by atomic mass is 19.2. The predicted molar refractivity (Wildman–Crippen MR) is 104 cm³/mol. The molecule has 0 fully saturated rings. The van der Waals surface area contributed by atoms with Gasteiger partial charge in [-0.25, -0.2) is 13.5 Å². The Bertz CT molecular complexity index is 1210. The molecule has 30 heavy (non-hydrogen) atoms. The molecule has 0 bridgehead atoms. The summed E-state index contributed by atoms with van der Waals surface area (Å²) in [7, 11) is 0. The second-order valence-electron chi connectivity index (χ2n) is 7.18. The molecular formula is C21H17F2N3O4. The molecule has 0 unspecified atom stereocenters. The first-order chi connectivity index (χ1) is 14.3. The number of benzene rings is 2. The Morgan fingerprint density at radius 2 is 1.80 bits per heavy atom. The van der Waals surface area contributed by atoms with Crippen LogP contribution >= 0.6 is 0 Å². The number of halogens is 2. The number of hydrogen-bond donors (Lipinski definition) is 1. The van der Waals surface area contributed by atoms with Crippen LogP contribution in [-0.2, 0) is 10.3 Å². The molecule has 0 saturated heterocycles. The highest BCUT2D eigenvalue weighted by Gasteiger charge is 2.32. The van der Waals surface area contributed by atoms with E-state index in [9.17, 15) is 18.4 Å². The van der Waals surface area contributed by atoms with Crippen LogP contribution in [0.5, 0.6) is 11.5 Å². The van der Waals surface area contributed by atoms with Gasteiger partial charge < -0.3 is 14.8 Å². The molecule has 2 aromatic carbocycles. The van der Waals surface area contributed by atoms with Gasteiger partial charge in [0.05, 0.1) is 5.69 Å². The molecule has 3 aromatic rings. The summed E-state index contributed by atoms with van der Waals surface area (Å²) < 4.78 is 38.2. The lowest BCUT2D eigenvalue weighted by atomic mass is 10.0. The zero-order valence-corrected chi connectivity index (χ0v) is 16.1. The van der Waals surface area contributed by atoms with Crippen molar-refractivity contribution in [3.8, 4) is 22.8 Å². The van der Waals surface area contributed by atoms with Gasteiger partial charge in [-0.2, -0.15) is 5.10 Å². The van der Waals surface area contributed by atoms with Gasteiger partial charge in [0.25, 0.3) is 11.5 Å². The maximum absolute atomic E-state index is 13.4. The quantitative estimate of drug-likeness (QED) is 0.710. The van der Waals surface area contributed by atoms with E-state index in [1.165, 1.54) is 26.0 Å². The lowest BCUT2D eigenvalue weighted by Gasteiger charge is -2.25. The molecule has 4 rings (SSSR count). The maximum atomic E-state index is 13.4. The molecule has 1 aromatic heterocycles. The minimum atomic E-state index is -1.42. The molecule has 1 amide bonds. The lowest BCUT2D eigenvalue weighted by Crippen LogP contribution is -2.47. The van der Waals surface area contributed by atoms with Crippen molar-refractivity contribution in [3.05, 3.63) is 70.5 Å². The number of anilines is 1. The van der Waals surface area contributed by atoms with Crippen LogP contribution in [0.4, 0.5) is 14.5 Å². The molecule has 1 aliphatic heterocycles. The average molecular weight is 413 g/mol. The summed E-state index contributed by atoms with van der Waals surface area (Å²) in [6, 6.07) is 11.1. The van der Waals surface area contributed by atoms with E-state index in [2.05, 4.69) is 10.4 Å². The van der Waals surface area contributed by atoms with E-state index in [4.69, 9.17) is 9.47 Å². The Balaban J connectivity index is 1.66. The van der Waals surface area contributed by atoms with Crippen molar-refractivity contribution < 1.29 is 23.0 Å².